The Balaban J connectivity index is 1.94. The number of rotatable bonds is 6. The smallest absolute Gasteiger partial charge is 0.344 e. The zero-order valence-electron chi connectivity index (χ0n) is 17.8. The van der Waals surface area contributed by atoms with E-state index in [0.717, 1.165) is 0 Å². The molecule has 4 rings (SSSR count). The molecule has 0 aliphatic carbocycles. The van der Waals surface area contributed by atoms with Gasteiger partial charge in [0.15, 0.2) is 11.5 Å². The van der Waals surface area contributed by atoms with Crippen LogP contribution in [0.1, 0.15) is 40.3 Å². The number of aromatic nitrogens is 6. The van der Waals surface area contributed by atoms with Gasteiger partial charge in [0.25, 0.3) is 5.56 Å². The molecular formula is C20H20N6O5S. The molecule has 12 heteroatoms. The number of thioether (sulfide) groups is 1. The molecule has 0 amide bonds. The van der Waals surface area contributed by atoms with E-state index in [-0.39, 0.29) is 34.6 Å². The molecule has 11 nitrogen and oxygen atoms in total. The van der Waals surface area contributed by atoms with Crippen LogP contribution in [0.3, 0.4) is 0 Å². The summed E-state index contributed by atoms with van der Waals surface area (Å²) in [7, 11) is 1.28. The number of ether oxygens (including phenoxy) is 2. The van der Waals surface area contributed by atoms with E-state index in [9.17, 15) is 14.4 Å². The Labute approximate surface area is 185 Å². The third-order valence-corrected chi connectivity index (χ3v) is 5.65. The maximum Gasteiger partial charge on any atom is 0.344 e. The molecule has 0 fully saturated rings. The fourth-order valence-corrected chi connectivity index (χ4v) is 4.12. The van der Waals surface area contributed by atoms with Crippen LogP contribution in [0.15, 0.2) is 28.3 Å². The van der Waals surface area contributed by atoms with Gasteiger partial charge in [-0.25, -0.2) is 19.1 Å². The van der Waals surface area contributed by atoms with Crippen LogP contribution in [0.4, 0.5) is 0 Å². The monoisotopic (exact) mass is 456 g/mol. The number of H-pyrrole nitrogens is 1. The molecule has 0 spiro atoms. The molecule has 166 valence electrons. The van der Waals surface area contributed by atoms with Crippen LogP contribution in [-0.4, -0.2) is 60.8 Å². The molecule has 32 heavy (non-hydrogen) atoms. The summed E-state index contributed by atoms with van der Waals surface area (Å²) in [6, 6.07) is 1.65. The first-order valence-corrected chi connectivity index (χ1v) is 10.8. The lowest BCUT2D eigenvalue weighted by atomic mass is 10.2. The Morgan fingerprint density at radius 2 is 2.00 bits per heavy atom. The second kappa shape index (κ2) is 8.46. The maximum atomic E-state index is 13.3. The number of carbonyl (C=O) groups is 2. The van der Waals surface area contributed by atoms with E-state index in [1.165, 1.54) is 40.3 Å². The number of hydrogen-bond donors (Lipinski definition) is 1. The van der Waals surface area contributed by atoms with Gasteiger partial charge in [0.2, 0.25) is 0 Å². The standard InChI is InChI=1S/C20H20N6O5S/c1-5-31-20(29)14-16(22-23-17(14)32-6-2)25-8-7-12-11(18(25)27)9-21-15-13(19(28)30-4)10(3)24-26(12)15/h7-9H,5-6H2,1-4H3,(H,22,23). The first-order chi connectivity index (χ1) is 15.4. The third kappa shape index (κ3) is 3.32. The van der Waals surface area contributed by atoms with Gasteiger partial charge in [-0.3, -0.25) is 14.5 Å². The number of esters is 2. The van der Waals surface area contributed by atoms with Gasteiger partial charge in [-0.2, -0.15) is 10.2 Å². The van der Waals surface area contributed by atoms with Crippen LogP contribution >= 0.6 is 11.8 Å². The van der Waals surface area contributed by atoms with Gasteiger partial charge in [-0.1, -0.05) is 6.92 Å². The Hall–Kier alpha value is -3.67. The molecule has 4 aromatic heterocycles. The Kier molecular flexibility index (Phi) is 5.70. The maximum absolute atomic E-state index is 13.3. The number of aromatic amines is 1. The first kappa shape index (κ1) is 21.6. The van der Waals surface area contributed by atoms with E-state index < -0.39 is 17.5 Å². The molecule has 4 heterocycles. The quantitative estimate of drug-likeness (QED) is 0.342. The minimum atomic E-state index is -0.571. The number of fused-ring (bicyclic) bond motifs is 3. The summed E-state index contributed by atoms with van der Waals surface area (Å²) in [5.41, 5.74) is 1.16. The van der Waals surface area contributed by atoms with Crippen molar-refractivity contribution in [3.05, 3.63) is 45.6 Å². The lowest BCUT2D eigenvalue weighted by Crippen LogP contribution is -2.21. The molecule has 1 N–H and O–H groups in total. The number of carbonyl (C=O) groups excluding carboxylic acids is 2. The lowest BCUT2D eigenvalue weighted by Gasteiger charge is -2.09. The molecule has 0 atom stereocenters. The average molecular weight is 456 g/mol. The molecular weight excluding hydrogens is 436 g/mol. The van der Waals surface area contributed by atoms with Crippen molar-refractivity contribution in [2.24, 2.45) is 0 Å². The number of hydrogen-bond acceptors (Lipinski definition) is 9. The van der Waals surface area contributed by atoms with Gasteiger partial charge in [-0.15, -0.1) is 11.8 Å². The van der Waals surface area contributed by atoms with E-state index in [0.29, 0.717) is 22.0 Å². The van der Waals surface area contributed by atoms with Crippen LogP contribution in [0.25, 0.3) is 22.4 Å². The summed E-state index contributed by atoms with van der Waals surface area (Å²) in [6.07, 6.45) is 2.88. The Morgan fingerprint density at radius 3 is 2.69 bits per heavy atom. The normalized spacial score (nSPS) is 11.2. The van der Waals surface area contributed by atoms with Gasteiger partial charge in [0.1, 0.15) is 16.2 Å². The van der Waals surface area contributed by atoms with E-state index >= 15 is 0 Å². The summed E-state index contributed by atoms with van der Waals surface area (Å²) in [5, 5.41) is 12.0. The summed E-state index contributed by atoms with van der Waals surface area (Å²) in [6.45, 7) is 5.49. The number of nitrogens with zero attached hydrogens (tertiary/aromatic N) is 5. The zero-order valence-corrected chi connectivity index (χ0v) is 18.6. The Bertz CT molecular complexity index is 1420. The van der Waals surface area contributed by atoms with Crippen molar-refractivity contribution in [3.63, 3.8) is 0 Å². The minimum absolute atomic E-state index is 0.190. The highest BCUT2D eigenvalue weighted by molar-refractivity contribution is 7.99. The number of methoxy groups -OCH3 is 1. The number of pyridine rings is 1. The summed E-state index contributed by atoms with van der Waals surface area (Å²) in [4.78, 5) is 42.3. The number of aryl methyl sites for hydroxylation is 1. The van der Waals surface area contributed by atoms with Crippen molar-refractivity contribution in [3.8, 4) is 5.82 Å². The molecule has 0 saturated carbocycles. The lowest BCUT2D eigenvalue weighted by molar-refractivity contribution is 0.0521. The van der Waals surface area contributed by atoms with Gasteiger partial charge in [0.05, 0.1) is 30.3 Å². The average Bonchev–Trinajstić information content (AvgIpc) is 3.34. The van der Waals surface area contributed by atoms with Crippen molar-refractivity contribution in [1.82, 2.24) is 29.4 Å². The molecule has 0 bridgehead atoms. The van der Waals surface area contributed by atoms with Crippen molar-refractivity contribution in [2.75, 3.05) is 19.5 Å². The minimum Gasteiger partial charge on any atom is -0.465 e. The van der Waals surface area contributed by atoms with Crippen molar-refractivity contribution < 1.29 is 19.1 Å². The number of nitrogens with one attached hydrogen (secondary N) is 1. The topological polar surface area (TPSA) is 133 Å². The Morgan fingerprint density at radius 1 is 1.22 bits per heavy atom. The first-order valence-electron chi connectivity index (χ1n) is 9.79. The molecule has 4 aromatic rings. The largest absolute Gasteiger partial charge is 0.465 e. The van der Waals surface area contributed by atoms with E-state index in [1.807, 2.05) is 6.92 Å². The summed E-state index contributed by atoms with van der Waals surface area (Å²) in [5.74, 6) is -0.237. The van der Waals surface area contributed by atoms with Crippen LogP contribution in [0.2, 0.25) is 0 Å². The van der Waals surface area contributed by atoms with Crippen LogP contribution in [0, 0.1) is 6.92 Å². The highest BCUT2D eigenvalue weighted by Gasteiger charge is 2.25. The third-order valence-electron chi connectivity index (χ3n) is 4.79. The molecule has 0 aliphatic heterocycles. The van der Waals surface area contributed by atoms with Gasteiger partial charge < -0.3 is 9.47 Å². The molecule has 0 unspecified atom stereocenters. The van der Waals surface area contributed by atoms with Gasteiger partial charge in [-0.05, 0) is 25.7 Å². The van der Waals surface area contributed by atoms with Crippen molar-refractivity contribution in [1.29, 1.82) is 0 Å². The molecule has 0 saturated heterocycles. The van der Waals surface area contributed by atoms with Crippen LogP contribution in [-0.2, 0) is 9.47 Å². The van der Waals surface area contributed by atoms with Crippen LogP contribution in [0.5, 0.6) is 0 Å². The highest BCUT2D eigenvalue weighted by atomic mass is 32.2. The van der Waals surface area contributed by atoms with Crippen LogP contribution < -0.4 is 5.56 Å². The molecule has 0 aromatic carbocycles. The predicted molar refractivity (Wildman–Crippen MR) is 117 cm³/mol. The van der Waals surface area contributed by atoms with E-state index in [4.69, 9.17) is 9.47 Å². The zero-order chi connectivity index (χ0) is 23.0. The molecule has 0 radical (unpaired) electrons. The van der Waals surface area contributed by atoms with Gasteiger partial charge in [0, 0.05) is 12.4 Å². The molecule has 0 aliphatic rings. The summed E-state index contributed by atoms with van der Waals surface area (Å²) >= 11 is 1.36. The fourth-order valence-electron chi connectivity index (χ4n) is 3.41. The second-order valence-electron chi connectivity index (χ2n) is 6.64. The van der Waals surface area contributed by atoms with E-state index in [2.05, 4.69) is 20.3 Å². The van der Waals surface area contributed by atoms with Crippen molar-refractivity contribution >= 4 is 40.3 Å². The van der Waals surface area contributed by atoms with Gasteiger partial charge >= 0.3 is 11.9 Å². The van der Waals surface area contributed by atoms with E-state index in [1.54, 1.807) is 19.9 Å². The highest BCUT2D eigenvalue weighted by Crippen LogP contribution is 2.26. The SMILES string of the molecule is CCOC(=O)c1c(SCC)n[nH]c1-n1ccc2c(cnc3c(C(=O)OC)c(C)nn32)c1=O. The second-order valence-corrected chi connectivity index (χ2v) is 7.89. The fraction of sp³-hybridized carbons (Fsp3) is 0.300. The van der Waals surface area contributed by atoms with Crippen molar-refractivity contribution in [2.45, 2.75) is 25.8 Å². The summed E-state index contributed by atoms with van der Waals surface area (Å²) < 4.78 is 12.7. The predicted octanol–water partition coefficient (Wildman–Crippen LogP) is 2.14.